The summed E-state index contributed by atoms with van der Waals surface area (Å²) in [4.78, 5) is 38.9. The molecule has 2 aromatic carbocycles. The number of hydrogen-bond acceptors (Lipinski definition) is 4. The summed E-state index contributed by atoms with van der Waals surface area (Å²) in [7, 11) is 0. The normalized spacial score (nSPS) is 14.0. The zero-order valence-electron chi connectivity index (χ0n) is 15.9. The molecule has 6 nitrogen and oxygen atoms in total. The fourth-order valence-corrected chi connectivity index (χ4v) is 3.46. The summed E-state index contributed by atoms with van der Waals surface area (Å²) in [6.45, 7) is 2.03. The molecule has 0 bridgehead atoms. The van der Waals surface area contributed by atoms with E-state index in [-0.39, 0.29) is 30.3 Å². The Hall–Kier alpha value is -3.67. The van der Waals surface area contributed by atoms with E-state index >= 15 is 0 Å². The molecule has 29 heavy (non-hydrogen) atoms. The molecule has 0 radical (unpaired) electrons. The summed E-state index contributed by atoms with van der Waals surface area (Å²) in [6.07, 6.45) is 2.19. The number of furan rings is 1. The smallest absolute Gasteiger partial charge is 0.261 e. The van der Waals surface area contributed by atoms with Crippen LogP contribution in [0.15, 0.2) is 71.3 Å². The first-order valence-electron chi connectivity index (χ1n) is 9.40. The lowest BCUT2D eigenvalue weighted by Crippen LogP contribution is -2.34. The van der Waals surface area contributed by atoms with Crippen LogP contribution in [0.3, 0.4) is 0 Å². The average Bonchev–Trinajstić information content (AvgIpc) is 3.31. The molecule has 6 heteroatoms. The molecule has 0 saturated heterocycles. The first-order chi connectivity index (χ1) is 14.0. The van der Waals surface area contributed by atoms with Crippen molar-refractivity contribution in [3.8, 4) is 0 Å². The number of benzene rings is 2. The van der Waals surface area contributed by atoms with Crippen molar-refractivity contribution in [1.29, 1.82) is 0 Å². The number of nitrogens with zero attached hydrogens (tertiary/aromatic N) is 1. The van der Waals surface area contributed by atoms with Crippen molar-refractivity contribution in [2.75, 3.05) is 0 Å². The molecule has 1 unspecified atom stereocenters. The largest absolute Gasteiger partial charge is 0.469 e. The van der Waals surface area contributed by atoms with Gasteiger partial charge in [0.2, 0.25) is 0 Å². The second-order valence-electron chi connectivity index (χ2n) is 7.10. The second-order valence-corrected chi connectivity index (χ2v) is 7.10. The van der Waals surface area contributed by atoms with Crippen LogP contribution in [0.5, 0.6) is 0 Å². The van der Waals surface area contributed by atoms with E-state index in [0.717, 1.165) is 5.76 Å². The van der Waals surface area contributed by atoms with E-state index in [1.165, 1.54) is 4.90 Å². The van der Waals surface area contributed by atoms with Gasteiger partial charge in [0.15, 0.2) is 0 Å². The number of fused-ring (bicyclic) bond motifs is 1. The number of carbonyl (C=O) groups is 3. The highest BCUT2D eigenvalue weighted by atomic mass is 16.3. The number of rotatable bonds is 6. The highest BCUT2D eigenvalue weighted by molar-refractivity contribution is 6.21. The van der Waals surface area contributed by atoms with E-state index in [1.54, 1.807) is 54.8 Å². The highest BCUT2D eigenvalue weighted by Crippen LogP contribution is 2.24. The summed E-state index contributed by atoms with van der Waals surface area (Å²) in [5.74, 6) is -0.0366. The molecule has 1 aliphatic heterocycles. The third kappa shape index (κ3) is 3.82. The Morgan fingerprint density at radius 3 is 2.38 bits per heavy atom. The zero-order chi connectivity index (χ0) is 20.4. The van der Waals surface area contributed by atoms with Crippen LogP contribution in [0.1, 0.15) is 49.3 Å². The SMILES string of the molecule is CC(Cc1ccco1)NC(=O)c1cccc(CN2C(=O)c3ccccc3C2=O)c1. The maximum absolute atomic E-state index is 12.6. The molecule has 1 atom stereocenters. The Morgan fingerprint density at radius 1 is 1.00 bits per heavy atom. The van der Waals surface area contributed by atoms with Crippen LogP contribution in [0.4, 0.5) is 0 Å². The minimum atomic E-state index is -0.312. The standard InChI is InChI=1S/C23H20N2O4/c1-15(12-18-8-5-11-29-18)24-21(26)17-7-4-6-16(13-17)14-25-22(27)19-9-2-3-10-20(19)23(25)28/h2-11,13,15H,12,14H2,1H3,(H,24,26). The summed E-state index contributed by atoms with van der Waals surface area (Å²) < 4.78 is 5.31. The van der Waals surface area contributed by atoms with Gasteiger partial charge in [-0.1, -0.05) is 24.3 Å². The van der Waals surface area contributed by atoms with Gasteiger partial charge in [-0.05, 0) is 48.9 Å². The van der Waals surface area contributed by atoms with Crippen LogP contribution >= 0.6 is 0 Å². The molecule has 4 rings (SSSR count). The molecule has 3 amide bonds. The van der Waals surface area contributed by atoms with Crippen LogP contribution in [0.2, 0.25) is 0 Å². The number of carbonyl (C=O) groups excluding carboxylic acids is 3. The van der Waals surface area contributed by atoms with Crippen LogP contribution in [0.25, 0.3) is 0 Å². The first kappa shape index (κ1) is 18.7. The fourth-order valence-electron chi connectivity index (χ4n) is 3.46. The quantitative estimate of drug-likeness (QED) is 0.656. The van der Waals surface area contributed by atoms with Gasteiger partial charge < -0.3 is 9.73 Å². The van der Waals surface area contributed by atoms with Gasteiger partial charge in [0.05, 0.1) is 23.9 Å². The Balaban J connectivity index is 1.44. The lowest BCUT2D eigenvalue weighted by atomic mass is 10.1. The van der Waals surface area contributed by atoms with Crippen molar-refractivity contribution in [2.45, 2.75) is 25.9 Å². The van der Waals surface area contributed by atoms with Gasteiger partial charge in [0.1, 0.15) is 5.76 Å². The number of amides is 3. The van der Waals surface area contributed by atoms with Gasteiger partial charge in [0.25, 0.3) is 17.7 Å². The second kappa shape index (κ2) is 7.75. The zero-order valence-corrected chi connectivity index (χ0v) is 15.9. The molecule has 1 aromatic heterocycles. The van der Waals surface area contributed by atoms with Gasteiger partial charge in [-0.15, -0.1) is 0 Å². The van der Waals surface area contributed by atoms with E-state index in [1.807, 2.05) is 19.1 Å². The molecule has 3 aromatic rings. The molecular weight excluding hydrogens is 368 g/mol. The minimum Gasteiger partial charge on any atom is -0.469 e. The van der Waals surface area contributed by atoms with Crippen LogP contribution < -0.4 is 5.32 Å². The van der Waals surface area contributed by atoms with Crippen LogP contribution in [-0.2, 0) is 13.0 Å². The predicted octanol–water partition coefficient (Wildman–Crippen LogP) is 3.44. The molecule has 0 spiro atoms. The average molecular weight is 388 g/mol. The predicted molar refractivity (Wildman–Crippen MR) is 106 cm³/mol. The topological polar surface area (TPSA) is 79.6 Å². The third-order valence-electron chi connectivity index (χ3n) is 4.87. The minimum absolute atomic E-state index is 0.103. The van der Waals surface area contributed by atoms with E-state index in [9.17, 15) is 14.4 Å². The summed E-state index contributed by atoms with van der Waals surface area (Å²) in [6, 6.07) is 17.3. The van der Waals surface area contributed by atoms with Crippen LogP contribution in [-0.4, -0.2) is 28.7 Å². The number of hydrogen-bond donors (Lipinski definition) is 1. The van der Waals surface area contributed by atoms with E-state index in [0.29, 0.717) is 28.7 Å². The number of imide groups is 1. The summed E-state index contributed by atoms with van der Waals surface area (Å²) in [5.41, 5.74) is 2.02. The third-order valence-corrected chi connectivity index (χ3v) is 4.87. The van der Waals surface area contributed by atoms with Crippen molar-refractivity contribution in [1.82, 2.24) is 10.2 Å². The Labute approximate surface area is 168 Å². The van der Waals surface area contributed by atoms with Gasteiger partial charge in [-0.3, -0.25) is 19.3 Å². The molecule has 0 saturated carbocycles. The maximum atomic E-state index is 12.6. The Bertz CT molecular complexity index is 1040. The van der Waals surface area contributed by atoms with Crippen molar-refractivity contribution >= 4 is 17.7 Å². The lowest BCUT2D eigenvalue weighted by molar-refractivity contribution is 0.0642. The maximum Gasteiger partial charge on any atom is 0.261 e. The van der Waals surface area contributed by atoms with Crippen LogP contribution in [0, 0.1) is 0 Å². The van der Waals surface area contributed by atoms with Gasteiger partial charge in [-0.25, -0.2) is 0 Å². The van der Waals surface area contributed by atoms with Gasteiger partial charge in [-0.2, -0.15) is 0 Å². The van der Waals surface area contributed by atoms with E-state index in [4.69, 9.17) is 4.42 Å². The van der Waals surface area contributed by atoms with Crippen molar-refractivity contribution in [2.24, 2.45) is 0 Å². The monoisotopic (exact) mass is 388 g/mol. The molecular formula is C23H20N2O4. The molecule has 1 N–H and O–H groups in total. The highest BCUT2D eigenvalue weighted by Gasteiger charge is 2.35. The molecule has 2 heterocycles. The van der Waals surface area contributed by atoms with Gasteiger partial charge in [0, 0.05) is 18.0 Å². The van der Waals surface area contributed by atoms with Crippen molar-refractivity contribution in [3.05, 3.63) is 94.9 Å². The van der Waals surface area contributed by atoms with E-state index < -0.39 is 0 Å². The first-order valence-corrected chi connectivity index (χ1v) is 9.40. The van der Waals surface area contributed by atoms with Crippen molar-refractivity contribution in [3.63, 3.8) is 0 Å². The summed E-state index contributed by atoms with van der Waals surface area (Å²) >= 11 is 0. The summed E-state index contributed by atoms with van der Waals surface area (Å²) in [5, 5.41) is 2.94. The molecule has 0 fully saturated rings. The molecule has 0 aliphatic carbocycles. The van der Waals surface area contributed by atoms with Crippen molar-refractivity contribution < 1.29 is 18.8 Å². The lowest BCUT2D eigenvalue weighted by Gasteiger charge is -2.16. The Morgan fingerprint density at radius 2 is 1.72 bits per heavy atom. The van der Waals surface area contributed by atoms with E-state index in [2.05, 4.69) is 5.32 Å². The fraction of sp³-hybridized carbons (Fsp3) is 0.174. The molecule has 146 valence electrons. The number of nitrogens with one attached hydrogen (secondary N) is 1. The Kier molecular flexibility index (Phi) is 4.99. The van der Waals surface area contributed by atoms with Gasteiger partial charge >= 0.3 is 0 Å². The molecule has 1 aliphatic rings.